The van der Waals surface area contributed by atoms with Gasteiger partial charge in [0.15, 0.2) is 5.78 Å². The van der Waals surface area contributed by atoms with Gasteiger partial charge < -0.3 is 4.90 Å². The van der Waals surface area contributed by atoms with Gasteiger partial charge in [0.1, 0.15) is 0 Å². The number of nitrogens with zero attached hydrogens (tertiary/aromatic N) is 3. The maximum atomic E-state index is 12.6. The fraction of sp³-hybridized carbons (Fsp3) is 0.556. The minimum atomic E-state index is -4.30. The zero-order valence-corrected chi connectivity index (χ0v) is 17.1. The van der Waals surface area contributed by atoms with Crippen molar-refractivity contribution in [3.05, 3.63) is 29.8 Å². The van der Waals surface area contributed by atoms with Crippen LogP contribution in [0.2, 0.25) is 0 Å². The molecule has 0 unspecified atom stereocenters. The highest BCUT2D eigenvalue weighted by molar-refractivity contribution is 7.89. The van der Waals surface area contributed by atoms with Crippen molar-refractivity contribution in [3.63, 3.8) is 0 Å². The normalized spacial score (nSPS) is 16.7. The van der Waals surface area contributed by atoms with E-state index in [9.17, 15) is 31.2 Å². The lowest BCUT2D eigenvalue weighted by molar-refractivity contribution is -0.145. The first-order chi connectivity index (χ1) is 13.4. The Hall–Kier alpha value is -1.98. The second kappa shape index (κ2) is 9.23. The highest BCUT2D eigenvalue weighted by Gasteiger charge is 2.32. The molecule has 1 aromatic carbocycles. The maximum absolute atomic E-state index is 12.6. The molecule has 1 heterocycles. The van der Waals surface area contributed by atoms with E-state index in [-0.39, 0.29) is 36.9 Å². The van der Waals surface area contributed by atoms with Crippen LogP contribution in [0.15, 0.2) is 29.2 Å². The van der Waals surface area contributed by atoms with Crippen LogP contribution in [-0.4, -0.2) is 86.7 Å². The summed E-state index contributed by atoms with van der Waals surface area (Å²) in [6, 6.07) is 5.39. The topological polar surface area (TPSA) is 78.0 Å². The Balaban J connectivity index is 1.99. The molecule has 0 aliphatic carbocycles. The van der Waals surface area contributed by atoms with Gasteiger partial charge in [-0.05, 0) is 25.5 Å². The number of halogens is 3. The predicted molar refractivity (Wildman–Crippen MR) is 100.0 cm³/mol. The van der Waals surface area contributed by atoms with E-state index < -0.39 is 35.2 Å². The van der Waals surface area contributed by atoms with Crippen molar-refractivity contribution < 1.29 is 31.2 Å². The second-order valence-corrected chi connectivity index (χ2v) is 9.01. The number of sulfonamides is 1. The number of benzene rings is 1. The Bertz CT molecular complexity index is 841. The van der Waals surface area contributed by atoms with Crippen molar-refractivity contribution in [1.29, 1.82) is 0 Å². The molecule has 0 atom stereocenters. The number of carbonyl (C=O) groups excluding carboxylic acids is 2. The van der Waals surface area contributed by atoms with E-state index >= 15 is 0 Å². The summed E-state index contributed by atoms with van der Waals surface area (Å²) in [4.78, 5) is 26.4. The molecule has 1 amide bonds. The predicted octanol–water partition coefficient (Wildman–Crippen LogP) is 1.61. The Morgan fingerprint density at radius 1 is 1.07 bits per heavy atom. The Labute approximate surface area is 168 Å². The van der Waals surface area contributed by atoms with E-state index in [2.05, 4.69) is 0 Å². The van der Waals surface area contributed by atoms with Crippen LogP contribution in [0.25, 0.3) is 0 Å². The number of alkyl halides is 3. The largest absolute Gasteiger partial charge is 0.401 e. The summed E-state index contributed by atoms with van der Waals surface area (Å²) in [6.07, 6.45) is -3.92. The molecule has 1 aliphatic rings. The van der Waals surface area contributed by atoms with Crippen molar-refractivity contribution in [1.82, 2.24) is 14.1 Å². The number of rotatable bonds is 6. The third-order valence-electron chi connectivity index (χ3n) is 4.67. The fourth-order valence-corrected chi connectivity index (χ4v) is 4.17. The summed E-state index contributed by atoms with van der Waals surface area (Å²) < 4.78 is 63.8. The van der Waals surface area contributed by atoms with Gasteiger partial charge in [-0.25, -0.2) is 8.42 Å². The molecule has 0 saturated carbocycles. The average Bonchev–Trinajstić information content (AvgIpc) is 2.85. The molecule has 0 spiro atoms. The lowest BCUT2D eigenvalue weighted by Crippen LogP contribution is -2.43. The molecular weight excluding hydrogens is 411 g/mol. The quantitative estimate of drug-likeness (QED) is 0.635. The summed E-state index contributed by atoms with van der Waals surface area (Å²) >= 11 is 0. The summed E-state index contributed by atoms with van der Waals surface area (Å²) in [5.41, 5.74) is 0.371. The van der Waals surface area contributed by atoms with Crippen molar-refractivity contribution in [2.75, 3.05) is 46.3 Å². The first-order valence-electron chi connectivity index (χ1n) is 9.04. The summed E-state index contributed by atoms with van der Waals surface area (Å²) in [5.74, 6) is -0.663. The molecule has 0 aromatic heterocycles. The van der Waals surface area contributed by atoms with Gasteiger partial charge in [0.05, 0.1) is 18.0 Å². The van der Waals surface area contributed by atoms with Gasteiger partial charge in [-0.2, -0.15) is 17.5 Å². The first kappa shape index (κ1) is 23.3. The van der Waals surface area contributed by atoms with Crippen LogP contribution < -0.4 is 0 Å². The number of hydrogen-bond donors (Lipinski definition) is 0. The molecule has 29 heavy (non-hydrogen) atoms. The molecule has 7 nitrogen and oxygen atoms in total. The van der Waals surface area contributed by atoms with E-state index in [1.165, 1.54) is 48.0 Å². The Morgan fingerprint density at radius 3 is 2.24 bits per heavy atom. The highest BCUT2D eigenvalue weighted by Crippen LogP contribution is 2.18. The summed E-state index contributed by atoms with van der Waals surface area (Å²) in [7, 11) is -2.68. The van der Waals surface area contributed by atoms with Crippen LogP contribution >= 0.6 is 0 Å². The zero-order valence-electron chi connectivity index (χ0n) is 16.3. The number of likely N-dealkylation sites (N-methyl/N-ethyl adjacent to an activating group) is 1. The van der Waals surface area contributed by atoms with Crippen LogP contribution in [0.5, 0.6) is 0 Å². The van der Waals surface area contributed by atoms with E-state index in [4.69, 9.17) is 0 Å². The standard InChI is InChI=1S/C18H24F3N3O4S/c1-14(25)15-4-6-16(7-5-15)29(27,28)22(2)12-17(26)24-9-3-8-23(10-11-24)13-18(19,20)21/h4-7H,3,8-13H2,1-2H3. The number of carbonyl (C=O) groups is 2. The van der Waals surface area contributed by atoms with Gasteiger partial charge in [0, 0.05) is 38.8 Å². The maximum Gasteiger partial charge on any atom is 0.401 e. The zero-order chi connectivity index (χ0) is 21.8. The van der Waals surface area contributed by atoms with Gasteiger partial charge >= 0.3 is 6.18 Å². The molecule has 2 rings (SSSR count). The number of ketones is 1. The lowest BCUT2D eigenvalue weighted by atomic mass is 10.2. The van der Waals surface area contributed by atoms with E-state index in [1.807, 2.05) is 0 Å². The van der Waals surface area contributed by atoms with Crippen molar-refractivity contribution in [2.24, 2.45) is 0 Å². The first-order valence-corrected chi connectivity index (χ1v) is 10.5. The monoisotopic (exact) mass is 435 g/mol. The molecule has 162 valence electrons. The number of Topliss-reactive ketones (excluding diaryl/α,β-unsaturated/α-hetero) is 1. The smallest absolute Gasteiger partial charge is 0.340 e. The molecule has 1 fully saturated rings. The SMILES string of the molecule is CC(=O)c1ccc(S(=O)(=O)N(C)CC(=O)N2CCCN(CC(F)(F)F)CC2)cc1. The van der Waals surface area contributed by atoms with Crippen LogP contribution in [0.3, 0.4) is 0 Å². The van der Waals surface area contributed by atoms with Crippen molar-refractivity contribution in [2.45, 2.75) is 24.4 Å². The molecule has 0 bridgehead atoms. The Kier molecular flexibility index (Phi) is 7.41. The molecule has 1 aromatic rings. The fourth-order valence-electron chi connectivity index (χ4n) is 3.05. The molecular formula is C18H24F3N3O4S. The van der Waals surface area contributed by atoms with E-state index in [0.717, 1.165) is 4.31 Å². The lowest BCUT2D eigenvalue weighted by Gasteiger charge is -2.25. The van der Waals surface area contributed by atoms with Crippen LogP contribution in [0.4, 0.5) is 13.2 Å². The third kappa shape index (κ3) is 6.51. The van der Waals surface area contributed by atoms with Crippen molar-refractivity contribution >= 4 is 21.7 Å². The van der Waals surface area contributed by atoms with Crippen LogP contribution in [0, 0.1) is 0 Å². The number of hydrogen-bond acceptors (Lipinski definition) is 5. The van der Waals surface area contributed by atoms with Gasteiger partial charge in [-0.1, -0.05) is 12.1 Å². The summed E-state index contributed by atoms with van der Waals surface area (Å²) in [6.45, 7) is 0.597. The molecule has 1 saturated heterocycles. The third-order valence-corrected chi connectivity index (χ3v) is 6.49. The molecule has 0 radical (unpaired) electrons. The number of amides is 1. The minimum absolute atomic E-state index is 0.0509. The average molecular weight is 435 g/mol. The van der Waals surface area contributed by atoms with Crippen LogP contribution in [-0.2, 0) is 14.8 Å². The molecule has 0 N–H and O–H groups in total. The highest BCUT2D eigenvalue weighted by atomic mass is 32.2. The molecule has 1 aliphatic heterocycles. The van der Waals surface area contributed by atoms with Crippen molar-refractivity contribution in [3.8, 4) is 0 Å². The van der Waals surface area contributed by atoms with E-state index in [0.29, 0.717) is 12.0 Å². The second-order valence-electron chi connectivity index (χ2n) is 6.97. The van der Waals surface area contributed by atoms with Gasteiger partial charge in [-0.3, -0.25) is 14.5 Å². The summed E-state index contributed by atoms with van der Waals surface area (Å²) in [5, 5.41) is 0. The van der Waals surface area contributed by atoms with Gasteiger partial charge in [0.25, 0.3) is 0 Å². The molecule has 11 heteroatoms. The van der Waals surface area contributed by atoms with E-state index in [1.54, 1.807) is 0 Å². The Morgan fingerprint density at radius 2 is 1.69 bits per heavy atom. The van der Waals surface area contributed by atoms with Crippen LogP contribution in [0.1, 0.15) is 23.7 Å². The minimum Gasteiger partial charge on any atom is -0.340 e. The van der Waals surface area contributed by atoms with Gasteiger partial charge in [0.2, 0.25) is 15.9 Å². The van der Waals surface area contributed by atoms with Gasteiger partial charge in [-0.15, -0.1) is 0 Å².